The van der Waals surface area contributed by atoms with Crippen LogP contribution in [0, 0.1) is 6.92 Å². The molecule has 3 N–H and O–H groups in total. The van der Waals surface area contributed by atoms with E-state index in [9.17, 15) is 9.90 Å². The molecule has 0 bridgehead atoms. The van der Waals surface area contributed by atoms with Gasteiger partial charge in [-0.15, -0.1) is 0 Å². The summed E-state index contributed by atoms with van der Waals surface area (Å²) in [5, 5.41) is 16.2. The van der Waals surface area contributed by atoms with E-state index < -0.39 is 0 Å². The number of hydrogen-bond acceptors (Lipinski definition) is 7. The molecule has 0 unspecified atom stereocenters. The number of nitrogens with one attached hydrogen (secondary N) is 2. The van der Waals surface area contributed by atoms with Crippen molar-refractivity contribution < 1.29 is 14.6 Å². The molecular formula is C22H25ClN6O3. The van der Waals surface area contributed by atoms with E-state index in [0.29, 0.717) is 35.6 Å². The van der Waals surface area contributed by atoms with Crippen molar-refractivity contribution in [2.45, 2.75) is 39.0 Å². The highest BCUT2D eigenvalue weighted by Gasteiger charge is 2.30. The van der Waals surface area contributed by atoms with Crippen molar-refractivity contribution in [3.63, 3.8) is 0 Å². The van der Waals surface area contributed by atoms with E-state index in [2.05, 4.69) is 32.5 Å². The van der Waals surface area contributed by atoms with E-state index in [-0.39, 0.29) is 30.3 Å². The number of aryl methyl sites for hydroxylation is 1. The number of aliphatic hydroxyl groups excluding tert-OH is 1. The minimum Gasteiger partial charge on any atom is -0.392 e. The Morgan fingerprint density at radius 3 is 2.97 bits per heavy atom. The molecule has 3 aromatic rings. The molecule has 1 saturated heterocycles. The van der Waals surface area contributed by atoms with Gasteiger partial charge in [0.15, 0.2) is 0 Å². The first-order chi connectivity index (χ1) is 15.4. The average Bonchev–Trinajstić information content (AvgIpc) is 3.43. The quantitative estimate of drug-likeness (QED) is 0.500. The van der Waals surface area contributed by atoms with Gasteiger partial charge in [-0.2, -0.15) is 4.98 Å². The normalized spacial score (nSPS) is 18.0. The number of imidazole rings is 1. The highest BCUT2D eigenvalue weighted by Crippen LogP contribution is 2.23. The molecule has 4 rings (SSSR count). The topological polar surface area (TPSA) is 114 Å². The highest BCUT2D eigenvalue weighted by molar-refractivity contribution is 6.31. The molecule has 1 aliphatic rings. The van der Waals surface area contributed by atoms with Crippen molar-refractivity contribution in [2.75, 3.05) is 18.5 Å². The van der Waals surface area contributed by atoms with Crippen LogP contribution in [0.1, 0.15) is 40.5 Å². The minimum absolute atomic E-state index is 0.200. The van der Waals surface area contributed by atoms with Gasteiger partial charge in [0.2, 0.25) is 5.95 Å². The first-order valence-electron chi connectivity index (χ1n) is 10.3. The maximum atomic E-state index is 12.6. The van der Waals surface area contributed by atoms with Gasteiger partial charge in [0, 0.05) is 41.7 Å². The largest absolute Gasteiger partial charge is 0.392 e. The molecule has 32 heavy (non-hydrogen) atoms. The summed E-state index contributed by atoms with van der Waals surface area (Å²) in [6.45, 7) is 5.30. The molecule has 1 fully saturated rings. The third-order valence-electron chi connectivity index (χ3n) is 5.45. The number of halogens is 1. The second kappa shape index (κ2) is 9.23. The van der Waals surface area contributed by atoms with Crippen LogP contribution in [0.5, 0.6) is 0 Å². The van der Waals surface area contributed by atoms with Crippen LogP contribution in [0.15, 0.2) is 36.9 Å². The summed E-state index contributed by atoms with van der Waals surface area (Å²) < 4.78 is 7.18. The Bertz CT molecular complexity index is 1130. The number of aromatic nitrogens is 4. The van der Waals surface area contributed by atoms with E-state index in [1.807, 2.05) is 13.0 Å². The highest BCUT2D eigenvalue weighted by atomic mass is 35.5. The molecule has 10 heteroatoms. The summed E-state index contributed by atoms with van der Waals surface area (Å²) in [7, 11) is 0. The summed E-state index contributed by atoms with van der Waals surface area (Å²) in [6, 6.07) is 5.29. The molecule has 0 spiro atoms. The smallest absolute Gasteiger partial charge is 0.271 e. The summed E-state index contributed by atoms with van der Waals surface area (Å²) in [6.07, 6.45) is 5.78. The zero-order valence-corrected chi connectivity index (χ0v) is 18.7. The van der Waals surface area contributed by atoms with Gasteiger partial charge >= 0.3 is 0 Å². The number of aliphatic hydroxyl groups is 1. The van der Waals surface area contributed by atoms with Crippen molar-refractivity contribution >= 4 is 23.5 Å². The van der Waals surface area contributed by atoms with Crippen LogP contribution in [0.2, 0.25) is 5.02 Å². The standard InChI is InChI=1S/C22H25ClN6O3/c1-14-8-25-21(28-22(2)6-7-32-12-22)27-19(14)29-10-18(26-13-29)20(31)24-9-15-4-3-5-17(23)16(15)11-30/h3-5,8,10,13,30H,6-7,9,11-12H2,1-2H3,(H,24,31)(H,25,27,28)/t22-/m1/s1. The molecular weight excluding hydrogens is 432 g/mol. The van der Waals surface area contributed by atoms with Crippen molar-refractivity contribution in [1.82, 2.24) is 24.8 Å². The Morgan fingerprint density at radius 2 is 2.22 bits per heavy atom. The van der Waals surface area contributed by atoms with Crippen LogP contribution in [-0.4, -0.2) is 49.3 Å². The third-order valence-corrected chi connectivity index (χ3v) is 5.80. The van der Waals surface area contributed by atoms with Gasteiger partial charge in [-0.25, -0.2) is 9.97 Å². The lowest BCUT2D eigenvalue weighted by molar-refractivity contribution is 0.0946. The average molecular weight is 457 g/mol. The number of benzene rings is 1. The molecule has 3 heterocycles. The van der Waals surface area contributed by atoms with E-state index in [0.717, 1.165) is 17.5 Å². The Morgan fingerprint density at radius 1 is 1.38 bits per heavy atom. The van der Waals surface area contributed by atoms with Gasteiger partial charge in [-0.1, -0.05) is 23.7 Å². The van der Waals surface area contributed by atoms with Crippen molar-refractivity contribution in [2.24, 2.45) is 0 Å². The monoisotopic (exact) mass is 456 g/mol. The predicted octanol–water partition coefficient (Wildman–Crippen LogP) is 2.64. The molecule has 2 aromatic heterocycles. The number of nitrogens with zero attached hydrogens (tertiary/aromatic N) is 4. The number of carbonyl (C=O) groups is 1. The number of anilines is 1. The summed E-state index contributed by atoms with van der Waals surface area (Å²) in [5.41, 5.74) is 2.23. The molecule has 1 aliphatic heterocycles. The predicted molar refractivity (Wildman–Crippen MR) is 120 cm³/mol. The van der Waals surface area contributed by atoms with Crippen LogP contribution in [0.3, 0.4) is 0 Å². The maximum absolute atomic E-state index is 12.6. The molecule has 1 atom stereocenters. The third kappa shape index (κ3) is 4.74. The van der Waals surface area contributed by atoms with Crippen molar-refractivity contribution in [1.29, 1.82) is 0 Å². The summed E-state index contributed by atoms with van der Waals surface area (Å²) in [5.74, 6) is 0.790. The second-order valence-corrected chi connectivity index (χ2v) is 8.48. The number of rotatable bonds is 7. The number of ether oxygens (including phenoxy) is 1. The molecule has 168 valence electrons. The lowest BCUT2D eigenvalue weighted by Crippen LogP contribution is -2.35. The molecule has 0 aliphatic carbocycles. The fourth-order valence-electron chi connectivity index (χ4n) is 3.56. The Labute approximate surface area is 190 Å². The number of carbonyl (C=O) groups excluding carboxylic acids is 1. The molecule has 9 nitrogen and oxygen atoms in total. The van der Waals surface area contributed by atoms with Crippen LogP contribution < -0.4 is 10.6 Å². The maximum Gasteiger partial charge on any atom is 0.271 e. The van der Waals surface area contributed by atoms with E-state index in [1.165, 1.54) is 0 Å². The zero-order valence-electron chi connectivity index (χ0n) is 17.9. The summed E-state index contributed by atoms with van der Waals surface area (Å²) in [4.78, 5) is 25.9. The molecule has 1 amide bonds. The van der Waals surface area contributed by atoms with E-state index in [4.69, 9.17) is 16.3 Å². The van der Waals surface area contributed by atoms with Crippen LogP contribution in [0.25, 0.3) is 5.82 Å². The van der Waals surface area contributed by atoms with Crippen molar-refractivity contribution in [3.8, 4) is 5.82 Å². The summed E-state index contributed by atoms with van der Waals surface area (Å²) >= 11 is 6.11. The minimum atomic E-state index is -0.340. The second-order valence-electron chi connectivity index (χ2n) is 8.07. The van der Waals surface area contributed by atoms with Crippen LogP contribution in [-0.2, 0) is 17.9 Å². The van der Waals surface area contributed by atoms with Crippen LogP contribution >= 0.6 is 11.6 Å². The number of amides is 1. The van der Waals surface area contributed by atoms with Gasteiger partial charge in [-0.3, -0.25) is 9.36 Å². The molecule has 1 aromatic carbocycles. The molecule has 0 radical (unpaired) electrons. The van der Waals surface area contributed by atoms with Crippen LogP contribution in [0.4, 0.5) is 5.95 Å². The Balaban J connectivity index is 1.48. The number of hydrogen-bond donors (Lipinski definition) is 3. The Kier molecular flexibility index (Phi) is 6.40. The zero-order chi connectivity index (χ0) is 22.7. The SMILES string of the molecule is Cc1cnc(N[C@]2(C)CCOC2)nc1-n1cnc(C(=O)NCc2cccc(Cl)c2CO)c1. The van der Waals surface area contributed by atoms with E-state index >= 15 is 0 Å². The van der Waals surface area contributed by atoms with Gasteiger partial charge in [0.1, 0.15) is 17.8 Å². The van der Waals surface area contributed by atoms with Gasteiger partial charge < -0.3 is 20.5 Å². The molecule has 0 saturated carbocycles. The fraction of sp³-hybridized carbons (Fsp3) is 0.364. The van der Waals surface area contributed by atoms with Crippen molar-refractivity contribution in [3.05, 3.63) is 64.3 Å². The van der Waals surface area contributed by atoms with Gasteiger partial charge in [-0.05, 0) is 31.9 Å². The van der Waals surface area contributed by atoms with E-state index in [1.54, 1.807) is 35.4 Å². The van der Waals surface area contributed by atoms with Gasteiger partial charge in [0.05, 0.1) is 18.8 Å². The first-order valence-corrected chi connectivity index (χ1v) is 10.7. The lowest BCUT2D eigenvalue weighted by Gasteiger charge is -2.23. The first kappa shape index (κ1) is 22.2. The fourth-order valence-corrected chi connectivity index (χ4v) is 3.81. The lowest BCUT2D eigenvalue weighted by atomic mass is 10.0. The Hall–Kier alpha value is -3.01. The van der Waals surface area contributed by atoms with Gasteiger partial charge in [0.25, 0.3) is 5.91 Å².